The van der Waals surface area contributed by atoms with E-state index < -0.39 is 5.97 Å². The summed E-state index contributed by atoms with van der Waals surface area (Å²) in [5.41, 5.74) is 7.58. The van der Waals surface area contributed by atoms with Crippen molar-refractivity contribution in [1.29, 1.82) is 0 Å². The molecule has 0 bridgehead atoms. The van der Waals surface area contributed by atoms with Crippen LogP contribution in [0.25, 0.3) is 0 Å². The molecule has 0 aromatic heterocycles. The summed E-state index contributed by atoms with van der Waals surface area (Å²) in [5, 5.41) is 12.6. The highest BCUT2D eigenvalue weighted by atomic mass is 16.4. The van der Waals surface area contributed by atoms with Gasteiger partial charge in [-0.05, 0) is 56.0 Å². The van der Waals surface area contributed by atoms with Crippen LogP contribution >= 0.6 is 0 Å². The molecule has 1 unspecified atom stereocenters. The molecule has 1 heterocycles. The number of rotatable bonds is 4. The molecule has 98 valence electrons. The van der Waals surface area contributed by atoms with Crippen LogP contribution in [0.15, 0.2) is 18.2 Å². The van der Waals surface area contributed by atoms with Crippen LogP contribution in [0.3, 0.4) is 0 Å². The number of hydrogen-bond acceptors (Lipinski definition) is 3. The lowest BCUT2D eigenvalue weighted by Gasteiger charge is -2.23. The summed E-state index contributed by atoms with van der Waals surface area (Å²) < 4.78 is 0. The Balaban J connectivity index is 2.03. The van der Waals surface area contributed by atoms with Crippen molar-refractivity contribution < 1.29 is 9.90 Å². The molecule has 4 N–H and O–H groups in total. The zero-order valence-corrected chi connectivity index (χ0v) is 10.5. The maximum atomic E-state index is 11.1. The number of nitrogens with two attached hydrogens (primary N) is 1. The Morgan fingerprint density at radius 3 is 2.94 bits per heavy atom. The number of benzene rings is 1. The van der Waals surface area contributed by atoms with Crippen LogP contribution in [-0.2, 0) is 6.42 Å². The van der Waals surface area contributed by atoms with E-state index in [1.165, 1.54) is 19.3 Å². The van der Waals surface area contributed by atoms with Crippen molar-refractivity contribution >= 4 is 11.7 Å². The third-order valence-electron chi connectivity index (χ3n) is 3.53. The SMILES string of the molecule is Nc1ccc(C(=O)O)c(CCC2CCCCN2)c1. The van der Waals surface area contributed by atoms with E-state index in [0.717, 1.165) is 24.9 Å². The Kier molecular flexibility index (Phi) is 4.20. The van der Waals surface area contributed by atoms with Gasteiger partial charge in [-0.3, -0.25) is 0 Å². The number of anilines is 1. The van der Waals surface area contributed by atoms with E-state index in [1.54, 1.807) is 18.2 Å². The monoisotopic (exact) mass is 248 g/mol. The van der Waals surface area contributed by atoms with Crippen molar-refractivity contribution in [3.63, 3.8) is 0 Å². The quantitative estimate of drug-likeness (QED) is 0.713. The second-order valence-electron chi connectivity index (χ2n) is 4.91. The van der Waals surface area contributed by atoms with E-state index in [0.29, 0.717) is 17.3 Å². The topological polar surface area (TPSA) is 75.4 Å². The summed E-state index contributed by atoms with van der Waals surface area (Å²) >= 11 is 0. The Hall–Kier alpha value is -1.55. The fourth-order valence-corrected chi connectivity index (χ4v) is 2.53. The van der Waals surface area contributed by atoms with Crippen LogP contribution < -0.4 is 11.1 Å². The highest BCUT2D eigenvalue weighted by Gasteiger charge is 2.15. The number of carbonyl (C=O) groups is 1. The van der Waals surface area contributed by atoms with Gasteiger partial charge >= 0.3 is 5.97 Å². The summed E-state index contributed by atoms with van der Waals surface area (Å²) in [7, 11) is 0. The number of nitrogens with one attached hydrogen (secondary N) is 1. The largest absolute Gasteiger partial charge is 0.478 e. The average Bonchev–Trinajstić information content (AvgIpc) is 2.37. The number of aromatic carboxylic acids is 1. The number of carboxylic acid groups (broad SMARTS) is 1. The van der Waals surface area contributed by atoms with Crippen molar-refractivity contribution in [3.05, 3.63) is 29.3 Å². The predicted molar refractivity (Wildman–Crippen MR) is 71.8 cm³/mol. The lowest BCUT2D eigenvalue weighted by atomic mass is 9.95. The molecule has 1 aliphatic heterocycles. The molecule has 0 saturated carbocycles. The van der Waals surface area contributed by atoms with Gasteiger partial charge in [-0.25, -0.2) is 4.79 Å². The van der Waals surface area contributed by atoms with Gasteiger partial charge in [0.2, 0.25) is 0 Å². The first kappa shape index (κ1) is 12.9. The molecule has 0 radical (unpaired) electrons. The van der Waals surface area contributed by atoms with Gasteiger partial charge in [0, 0.05) is 11.7 Å². The first-order valence-corrected chi connectivity index (χ1v) is 6.52. The zero-order valence-electron chi connectivity index (χ0n) is 10.5. The molecule has 1 fully saturated rings. The molecule has 1 atom stereocenters. The lowest BCUT2D eigenvalue weighted by molar-refractivity contribution is 0.0695. The highest BCUT2D eigenvalue weighted by Crippen LogP contribution is 2.18. The molecular formula is C14H20N2O2. The van der Waals surface area contributed by atoms with Gasteiger partial charge in [0.05, 0.1) is 5.56 Å². The first-order valence-electron chi connectivity index (χ1n) is 6.52. The number of aryl methyl sites for hydroxylation is 1. The van der Waals surface area contributed by atoms with E-state index in [4.69, 9.17) is 10.8 Å². The van der Waals surface area contributed by atoms with Crippen LogP contribution in [0.2, 0.25) is 0 Å². The van der Waals surface area contributed by atoms with E-state index in [1.807, 2.05) is 0 Å². The molecule has 0 aliphatic carbocycles. The Morgan fingerprint density at radius 1 is 1.44 bits per heavy atom. The van der Waals surface area contributed by atoms with Crippen molar-refractivity contribution in [3.8, 4) is 0 Å². The van der Waals surface area contributed by atoms with Crippen LogP contribution in [0, 0.1) is 0 Å². The summed E-state index contributed by atoms with van der Waals surface area (Å²) in [6.07, 6.45) is 5.44. The Morgan fingerprint density at radius 2 is 2.28 bits per heavy atom. The first-order chi connectivity index (χ1) is 8.66. The number of carboxylic acids is 1. The predicted octanol–water partition coefficient (Wildman–Crippen LogP) is 2.04. The molecule has 1 aromatic carbocycles. The molecule has 1 saturated heterocycles. The Bertz CT molecular complexity index is 426. The van der Waals surface area contributed by atoms with E-state index in [9.17, 15) is 4.79 Å². The van der Waals surface area contributed by atoms with Crippen molar-refractivity contribution in [2.75, 3.05) is 12.3 Å². The Labute approximate surface area is 107 Å². The third-order valence-corrected chi connectivity index (χ3v) is 3.53. The molecule has 4 heteroatoms. The smallest absolute Gasteiger partial charge is 0.335 e. The minimum absolute atomic E-state index is 0.375. The fourth-order valence-electron chi connectivity index (χ4n) is 2.53. The van der Waals surface area contributed by atoms with E-state index in [-0.39, 0.29) is 0 Å². The van der Waals surface area contributed by atoms with Crippen LogP contribution in [0.1, 0.15) is 41.6 Å². The summed E-state index contributed by atoms with van der Waals surface area (Å²) in [6.45, 7) is 1.08. The maximum absolute atomic E-state index is 11.1. The molecule has 2 rings (SSSR count). The zero-order chi connectivity index (χ0) is 13.0. The van der Waals surface area contributed by atoms with Crippen molar-refractivity contribution in [1.82, 2.24) is 5.32 Å². The summed E-state index contributed by atoms with van der Waals surface area (Å²) in [6, 6.07) is 5.54. The molecule has 1 aromatic rings. The van der Waals surface area contributed by atoms with Gasteiger partial charge < -0.3 is 16.2 Å². The molecular weight excluding hydrogens is 228 g/mol. The average molecular weight is 248 g/mol. The normalized spacial score (nSPS) is 19.7. The number of nitrogen functional groups attached to an aromatic ring is 1. The van der Waals surface area contributed by atoms with Gasteiger partial charge in [-0.15, -0.1) is 0 Å². The number of hydrogen-bond donors (Lipinski definition) is 3. The fraction of sp³-hybridized carbons (Fsp3) is 0.500. The highest BCUT2D eigenvalue weighted by molar-refractivity contribution is 5.89. The molecule has 0 spiro atoms. The lowest BCUT2D eigenvalue weighted by Crippen LogP contribution is -2.34. The van der Waals surface area contributed by atoms with Gasteiger partial charge in [-0.1, -0.05) is 6.42 Å². The molecule has 1 aliphatic rings. The summed E-state index contributed by atoms with van der Waals surface area (Å²) in [5.74, 6) is -0.874. The molecule has 18 heavy (non-hydrogen) atoms. The second-order valence-corrected chi connectivity index (χ2v) is 4.91. The van der Waals surface area contributed by atoms with Gasteiger partial charge in [0.15, 0.2) is 0 Å². The van der Waals surface area contributed by atoms with Gasteiger partial charge in [-0.2, -0.15) is 0 Å². The van der Waals surface area contributed by atoms with Crippen molar-refractivity contribution in [2.45, 2.75) is 38.1 Å². The van der Waals surface area contributed by atoms with Gasteiger partial charge in [0.25, 0.3) is 0 Å². The van der Waals surface area contributed by atoms with Crippen LogP contribution in [0.5, 0.6) is 0 Å². The molecule has 4 nitrogen and oxygen atoms in total. The third kappa shape index (κ3) is 3.23. The summed E-state index contributed by atoms with van der Waals surface area (Å²) in [4.78, 5) is 11.1. The number of piperidine rings is 1. The molecule has 0 amide bonds. The maximum Gasteiger partial charge on any atom is 0.335 e. The van der Waals surface area contributed by atoms with E-state index >= 15 is 0 Å². The standard InChI is InChI=1S/C14H20N2O2/c15-11-5-7-13(14(17)18)10(9-11)4-6-12-3-1-2-8-16-12/h5,7,9,12,16H,1-4,6,8,15H2,(H,17,18). The van der Waals surface area contributed by atoms with Crippen LogP contribution in [-0.4, -0.2) is 23.7 Å². The van der Waals surface area contributed by atoms with E-state index in [2.05, 4.69) is 5.32 Å². The minimum atomic E-state index is -0.874. The van der Waals surface area contributed by atoms with Crippen molar-refractivity contribution in [2.24, 2.45) is 0 Å². The second kappa shape index (κ2) is 5.87. The minimum Gasteiger partial charge on any atom is -0.478 e. The van der Waals surface area contributed by atoms with Gasteiger partial charge in [0.1, 0.15) is 0 Å². The van der Waals surface area contributed by atoms with Crippen LogP contribution in [0.4, 0.5) is 5.69 Å².